The van der Waals surface area contributed by atoms with E-state index in [0.717, 1.165) is 25.2 Å². The van der Waals surface area contributed by atoms with Gasteiger partial charge in [0.2, 0.25) is 5.91 Å². The van der Waals surface area contributed by atoms with Crippen LogP contribution in [0.15, 0.2) is 24.3 Å². The predicted molar refractivity (Wildman–Crippen MR) is 92.7 cm³/mol. The number of benzene rings is 1. The summed E-state index contributed by atoms with van der Waals surface area (Å²) >= 11 is 0. The van der Waals surface area contributed by atoms with Crippen molar-refractivity contribution in [3.8, 4) is 0 Å². The number of nitrogens with one attached hydrogen (secondary N) is 1. The van der Waals surface area contributed by atoms with E-state index in [1.165, 1.54) is 5.56 Å². The molecule has 0 saturated heterocycles. The average molecular weight is 305 g/mol. The molecule has 0 aliphatic rings. The van der Waals surface area contributed by atoms with Crippen LogP contribution in [0.25, 0.3) is 0 Å². The van der Waals surface area contributed by atoms with Gasteiger partial charge in [-0.05, 0) is 38.1 Å². The Morgan fingerprint density at radius 3 is 2.14 bits per heavy atom. The third kappa shape index (κ3) is 5.43. The van der Waals surface area contributed by atoms with Crippen LogP contribution in [0, 0.1) is 0 Å². The number of carbonyl (C=O) groups excluding carboxylic acids is 1. The van der Waals surface area contributed by atoms with E-state index < -0.39 is 6.04 Å². The van der Waals surface area contributed by atoms with Crippen LogP contribution in [-0.2, 0) is 11.3 Å². The van der Waals surface area contributed by atoms with Gasteiger partial charge < -0.3 is 11.1 Å². The highest BCUT2D eigenvalue weighted by Gasteiger charge is 2.22. The molecular formula is C18H31N3O. The fourth-order valence-electron chi connectivity index (χ4n) is 2.45. The zero-order chi connectivity index (χ0) is 16.7. The zero-order valence-electron chi connectivity index (χ0n) is 14.6. The van der Waals surface area contributed by atoms with E-state index in [2.05, 4.69) is 48.3 Å². The molecule has 1 amide bonds. The van der Waals surface area contributed by atoms with Crippen molar-refractivity contribution in [2.75, 3.05) is 13.1 Å². The van der Waals surface area contributed by atoms with Crippen LogP contribution in [0.1, 0.15) is 51.7 Å². The topological polar surface area (TPSA) is 58.4 Å². The quantitative estimate of drug-likeness (QED) is 0.776. The maximum absolute atomic E-state index is 12.0. The van der Waals surface area contributed by atoms with E-state index in [0.29, 0.717) is 0 Å². The molecule has 0 fully saturated rings. The molecule has 0 aliphatic heterocycles. The second-order valence-electron chi connectivity index (χ2n) is 6.18. The minimum absolute atomic E-state index is 0.00116. The maximum Gasteiger partial charge on any atom is 0.237 e. The van der Waals surface area contributed by atoms with Gasteiger partial charge in [-0.3, -0.25) is 9.69 Å². The molecule has 124 valence electrons. The first-order valence-electron chi connectivity index (χ1n) is 8.26. The van der Waals surface area contributed by atoms with Gasteiger partial charge in [0.1, 0.15) is 0 Å². The van der Waals surface area contributed by atoms with E-state index in [1.807, 2.05) is 20.8 Å². The van der Waals surface area contributed by atoms with Crippen LogP contribution in [0.2, 0.25) is 0 Å². The largest absolute Gasteiger partial charge is 0.353 e. The van der Waals surface area contributed by atoms with Crippen LogP contribution < -0.4 is 11.1 Å². The summed E-state index contributed by atoms with van der Waals surface area (Å²) in [5.41, 5.74) is 8.48. The number of hydrogen-bond acceptors (Lipinski definition) is 3. The molecular weight excluding hydrogens is 274 g/mol. The Kier molecular flexibility index (Phi) is 7.56. The predicted octanol–water partition coefficient (Wildman–Crippen LogP) is 2.48. The first kappa shape index (κ1) is 18.7. The van der Waals surface area contributed by atoms with Crippen molar-refractivity contribution in [3.63, 3.8) is 0 Å². The van der Waals surface area contributed by atoms with Gasteiger partial charge in [0, 0.05) is 18.5 Å². The van der Waals surface area contributed by atoms with E-state index in [-0.39, 0.29) is 17.9 Å². The van der Waals surface area contributed by atoms with Crippen LogP contribution in [0.4, 0.5) is 0 Å². The Labute approximate surface area is 135 Å². The zero-order valence-corrected chi connectivity index (χ0v) is 14.6. The summed E-state index contributed by atoms with van der Waals surface area (Å²) in [5, 5.41) is 2.88. The molecule has 2 atom stereocenters. The lowest BCUT2D eigenvalue weighted by Gasteiger charge is -2.22. The number of hydrogen-bond donors (Lipinski definition) is 2. The molecule has 3 N–H and O–H groups in total. The third-order valence-electron chi connectivity index (χ3n) is 4.08. The van der Waals surface area contributed by atoms with Gasteiger partial charge in [-0.15, -0.1) is 0 Å². The van der Waals surface area contributed by atoms with Crippen LogP contribution in [0.5, 0.6) is 0 Å². The number of carbonyl (C=O) groups is 1. The lowest BCUT2D eigenvalue weighted by atomic mass is 9.92. The number of nitrogens with two attached hydrogens (primary N) is 1. The Morgan fingerprint density at radius 1 is 1.14 bits per heavy atom. The Morgan fingerprint density at radius 2 is 1.68 bits per heavy atom. The normalized spacial score (nSPS) is 14.2. The SMILES string of the molecule is CCN(CC)Cc1ccc(C(C)C(N)C(=O)NC(C)C)cc1. The highest BCUT2D eigenvalue weighted by atomic mass is 16.2. The van der Waals surface area contributed by atoms with Crippen LogP contribution in [-0.4, -0.2) is 36.0 Å². The highest BCUT2D eigenvalue weighted by Crippen LogP contribution is 2.19. The fraction of sp³-hybridized carbons (Fsp3) is 0.611. The minimum atomic E-state index is -0.518. The van der Waals surface area contributed by atoms with Gasteiger partial charge in [-0.25, -0.2) is 0 Å². The molecule has 1 aromatic carbocycles. The number of nitrogens with zero attached hydrogens (tertiary/aromatic N) is 1. The molecule has 1 aromatic rings. The summed E-state index contributed by atoms with van der Waals surface area (Å²) in [7, 11) is 0. The van der Waals surface area contributed by atoms with Crippen molar-refractivity contribution in [1.82, 2.24) is 10.2 Å². The minimum Gasteiger partial charge on any atom is -0.353 e. The van der Waals surface area contributed by atoms with Crippen molar-refractivity contribution in [2.24, 2.45) is 5.73 Å². The average Bonchev–Trinajstić information content (AvgIpc) is 2.51. The van der Waals surface area contributed by atoms with Crippen LogP contribution in [0.3, 0.4) is 0 Å². The van der Waals surface area contributed by atoms with Crippen molar-refractivity contribution in [2.45, 2.75) is 59.2 Å². The van der Waals surface area contributed by atoms with E-state index in [1.54, 1.807) is 0 Å². The monoisotopic (exact) mass is 305 g/mol. The van der Waals surface area contributed by atoms with Gasteiger partial charge in [0.15, 0.2) is 0 Å². The molecule has 0 aliphatic carbocycles. The van der Waals surface area contributed by atoms with Gasteiger partial charge in [0.25, 0.3) is 0 Å². The molecule has 0 aromatic heterocycles. The fourth-order valence-corrected chi connectivity index (χ4v) is 2.45. The summed E-state index contributed by atoms with van der Waals surface area (Å²) in [4.78, 5) is 14.4. The van der Waals surface area contributed by atoms with E-state index in [4.69, 9.17) is 5.73 Å². The molecule has 0 radical (unpaired) electrons. The second kappa shape index (κ2) is 8.91. The summed E-state index contributed by atoms with van der Waals surface area (Å²) in [6.45, 7) is 13.3. The van der Waals surface area contributed by atoms with Crippen LogP contribution >= 0.6 is 0 Å². The van der Waals surface area contributed by atoms with E-state index >= 15 is 0 Å². The van der Waals surface area contributed by atoms with Crippen molar-refractivity contribution in [3.05, 3.63) is 35.4 Å². The lowest BCUT2D eigenvalue weighted by molar-refractivity contribution is -0.123. The standard InChI is InChI=1S/C18H31N3O/c1-6-21(7-2)12-15-8-10-16(11-9-15)14(5)17(19)18(22)20-13(3)4/h8-11,13-14,17H,6-7,12,19H2,1-5H3,(H,20,22). The summed E-state index contributed by atoms with van der Waals surface area (Å²) in [6.07, 6.45) is 0. The van der Waals surface area contributed by atoms with Crippen molar-refractivity contribution >= 4 is 5.91 Å². The highest BCUT2D eigenvalue weighted by molar-refractivity contribution is 5.82. The molecule has 0 heterocycles. The Balaban J connectivity index is 2.70. The van der Waals surface area contributed by atoms with Gasteiger partial charge in [-0.2, -0.15) is 0 Å². The van der Waals surface area contributed by atoms with Crippen molar-refractivity contribution in [1.29, 1.82) is 0 Å². The second-order valence-corrected chi connectivity index (χ2v) is 6.18. The molecule has 4 nitrogen and oxygen atoms in total. The Bertz CT molecular complexity index is 452. The molecule has 4 heteroatoms. The summed E-state index contributed by atoms with van der Waals surface area (Å²) < 4.78 is 0. The molecule has 0 bridgehead atoms. The van der Waals surface area contributed by atoms with E-state index in [9.17, 15) is 4.79 Å². The molecule has 2 unspecified atom stereocenters. The summed E-state index contributed by atoms with van der Waals surface area (Å²) in [5.74, 6) is -0.0871. The molecule has 22 heavy (non-hydrogen) atoms. The first-order valence-corrected chi connectivity index (χ1v) is 8.26. The van der Waals surface area contributed by atoms with Crippen molar-refractivity contribution < 1.29 is 4.79 Å². The third-order valence-corrected chi connectivity index (χ3v) is 4.08. The van der Waals surface area contributed by atoms with Gasteiger partial charge in [0.05, 0.1) is 6.04 Å². The smallest absolute Gasteiger partial charge is 0.237 e. The molecule has 0 saturated carbocycles. The maximum atomic E-state index is 12.0. The van der Waals surface area contributed by atoms with Gasteiger partial charge in [-0.1, -0.05) is 45.0 Å². The van der Waals surface area contributed by atoms with Gasteiger partial charge >= 0.3 is 0 Å². The molecule has 0 spiro atoms. The lowest BCUT2D eigenvalue weighted by Crippen LogP contribution is -2.46. The number of rotatable bonds is 8. The molecule has 1 rings (SSSR count). The Hall–Kier alpha value is -1.39. The first-order chi connectivity index (χ1) is 10.4. The summed E-state index contributed by atoms with van der Waals surface area (Å²) in [6, 6.07) is 8.05. The number of amides is 1.